The van der Waals surface area contributed by atoms with E-state index in [1.165, 1.54) is 4.31 Å². The number of nitrogens with zero attached hydrogens (tertiary/aromatic N) is 1. The van der Waals surface area contributed by atoms with Crippen molar-refractivity contribution in [3.05, 3.63) is 0 Å². The smallest absolute Gasteiger partial charge is 0.236 e. The lowest BCUT2D eigenvalue weighted by atomic mass is 10.1. The Labute approximate surface area is 109 Å². The molecule has 1 heterocycles. The molecular formula is C11H23N3O3S. The number of hydrogen-bond donors (Lipinski definition) is 2. The molecule has 7 heteroatoms. The van der Waals surface area contributed by atoms with E-state index in [0.29, 0.717) is 13.1 Å². The minimum absolute atomic E-state index is 0.0538. The molecule has 1 amide bonds. The Hall–Kier alpha value is -0.660. The zero-order chi connectivity index (χ0) is 13.6. The SMILES string of the molecule is CCN(CC)S(=O)(=O)CC(=O)N[C@H]1CCCNC1. The van der Waals surface area contributed by atoms with Crippen LogP contribution in [0.1, 0.15) is 26.7 Å². The molecule has 1 fully saturated rings. The standard InChI is InChI=1S/C11H23N3O3S/c1-3-14(4-2)18(16,17)9-11(15)13-10-6-5-7-12-8-10/h10,12H,3-9H2,1-2H3,(H,13,15)/t10-/m0/s1. The van der Waals surface area contributed by atoms with Crippen molar-refractivity contribution < 1.29 is 13.2 Å². The molecule has 0 aromatic heterocycles. The highest BCUT2D eigenvalue weighted by Crippen LogP contribution is 2.03. The second-order valence-electron chi connectivity index (χ2n) is 4.45. The van der Waals surface area contributed by atoms with E-state index in [1.54, 1.807) is 13.8 Å². The average Bonchev–Trinajstić information content (AvgIpc) is 2.30. The zero-order valence-electron chi connectivity index (χ0n) is 11.1. The van der Waals surface area contributed by atoms with Gasteiger partial charge in [0.05, 0.1) is 0 Å². The van der Waals surface area contributed by atoms with Gasteiger partial charge < -0.3 is 10.6 Å². The van der Waals surface area contributed by atoms with Crippen LogP contribution in [-0.2, 0) is 14.8 Å². The molecule has 106 valence electrons. The first-order valence-electron chi connectivity index (χ1n) is 6.47. The van der Waals surface area contributed by atoms with Gasteiger partial charge in [-0.15, -0.1) is 0 Å². The van der Waals surface area contributed by atoms with Crippen molar-refractivity contribution in [3.8, 4) is 0 Å². The second kappa shape index (κ2) is 7.06. The molecule has 2 N–H and O–H groups in total. The first-order chi connectivity index (χ1) is 8.49. The van der Waals surface area contributed by atoms with Gasteiger partial charge >= 0.3 is 0 Å². The molecule has 0 aromatic carbocycles. The van der Waals surface area contributed by atoms with E-state index in [0.717, 1.165) is 25.9 Å². The van der Waals surface area contributed by atoms with Crippen LogP contribution >= 0.6 is 0 Å². The first kappa shape index (κ1) is 15.4. The summed E-state index contributed by atoms with van der Waals surface area (Å²) < 4.78 is 25.1. The second-order valence-corrected chi connectivity index (χ2v) is 6.42. The number of nitrogens with one attached hydrogen (secondary N) is 2. The van der Waals surface area contributed by atoms with Crippen molar-refractivity contribution >= 4 is 15.9 Å². The number of carbonyl (C=O) groups excluding carboxylic acids is 1. The van der Waals surface area contributed by atoms with Crippen molar-refractivity contribution in [2.24, 2.45) is 0 Å². The van der Waals surface area contributed by atoms with Crippen LogP contribution < -0.4 is 10.6 Å². The third kappa shape index (κ3) is 4.55. The van der Waals surface area contributed by atoms with E-state index in [1.807, 2.05) is 0 Å². The van der Waals surface area contributed by atoms with E-state index in [2.05, 4.69) is 10.6 Å². The van der Waals surface area contributed by atoms with Crippen LogP contribution in [0.25, 0.3) is 0 Å². The van der Waals surface area contributed by atoms with Crippen LogP contribution in [0, 0.1) is 0 Å². The molecule has 0 spiro atoms. The summed E-state index contributed by atoms with van der Waals surface area (Å²) in [4.78, 5) is 11.7. The molecule has 0 aliphatic carbocycles. The fourth-order valence-corrected chi connectivity index (χ4v) is 3.50. The van der Waals surface area contributed by atoms with Gasteiger partial charge in [-0.1, -0.05) is 13.8 Å². The van der Waals surface area contributed by atoms with Crippen LogP contribution in [0.3, 0.4) is 0 Å². The third-order valence-corrected chi connectivity index (χ3v) is 5.00. The van der Waals surface area contributed by atoms with Gasteiger partial charge in [-0.2, -0.15) is 0 Å². The lowest BCUT2D eigenvalue weighted by Gasteiger charge is -2.24. The molecule has 0 saturated carbocycles. The summed E-state index contributed by atoms with van der Waals surface area (Å²) in [5.41, 5.74) is 0. The molecule has 1 saturated heterocycles. The summed E-state index contributed by atoms with van der Waals surface area (Å²) >= 11 is 0. The van der Waals surface area contributed by atoms with Gasteiger partial charge in [0.2, 0.25) is 15.9 Å². The molecule has 0 aromatic rings. The van der Waals surface area contributed by atoms with Crippen LogP contribution in [0.2, 0.25) is 0 Å². The maximum absolute atomic E-state index is 11.9. The van der Waals surface area contributed by atoms with Gasteiger partial charge in [0.15, 0.2) is 0 Å². The van der Waals surface area contributed by atoms with Crippen LogP contribution in [0.5, 0.6) is 0 Å². The van der Waals surface area contributed by atoms with Crippen molar-refractivity contribution in [1.29, 1.82) is 0 Å². The van der Waals surface area contributed by atoms with Crippen LogP contribution in [0.15, 0.2) is 0 Å². The maximum atomic E-state index is 11.9. The normalized spacial score (nSPS) is 20.9. The molecule has 0 radical (unpaired) electrons. The highest BCUT2D eigenvalue weighted by Gasteiger charge is 2.24. The molecule has 0 bridgehead atoms. The van der Waals surface area contributed by atoms with Crippen molar-refractivity contribution in [3.63, 3.8) is 0 Å². The Kier molecular flexibility index (Phi) is 6.04. The van der Waals surface area contributed by atoms with E-state index in [4.69, 9.17) is 0 Å². The van der Waals surface area contributed by atoms with Crippen LogP contribution in [0.4, 0.5) is 0 Å². The predicted octanol–water partition coefficient (Wildman–Crippen LogP) is -0.474. The van der Waals surface area contributed by atoms with E-state index >= 15 is 0 Å². The van der Waals surface area contributed by atoms with Gasteiger partial charge in [-0.05, 0) is 19.4 Å². The molecule has 6 nitrogen and oxygen atoms in total. The topological polar surface area (TPSA) is 78.5 Å². The average molecular weight is 277 g/mol. The molecule has 1 rings (SSSR count). The van der Waals surface area contributed by atoms with Crippen LogP contribution in [-0.4, -0.2) is 56.6 Å². The monoisotopic (exact) mass is 277 g/mol. The number of rotatable bonds is 6. The molecule has 1 aliphatic rings. The third-order valence-electron chi connectivity index (χ3n) is 3.07. The predicted molar refractivity (Wildman–Crippen MR) is 70.7 cm³/mol. The van der Waals surface area contributed by atoms with Gasteiger partial charge in [0, 0.05) is 25.7 Å². The highest BCUT2D eigenvalue weighted by atomic mass is 32.2. The Morgan fingerprint density at radius 2 is 2.06 bits per heavy atom. The Morgan fingerprint density at radius 3 is 2.56 bits per heavy atom. The number of carbonyl (C=O) groups is 1. The number of piperidine rings is 1. The lowest BCUT2D eigenvalue weighted by Crippen LogP contribution is -2.48. The van der Waals surface area contributed by atoms with Crippen molar-refractivity contribution in [2.75, 3.05) is 31.9 Å². The summed E-state index contributed by atoms with van der Waals surface area (Å²) in [6.07, 6.45) is 1.91. The van der Waals surface area contributed by atoms with Crippen molar-refractivity contribution in [1.82, 2.24) is 14.9 Å². The van der Waals surface area contributed by atoms with Gasteiger partial charge in [0.25, 0.3) is 0 Å². The van der Waals surface area contributed by atoms with E-state index in [9.17, 15) is 13.2 Å². The fraction of sp³-hybridized carbons (Fsp3) is 0.909. The first-order valence-corrected chi connectivity index (χ1v) is 8.08. The zero-order valence-corrected chi connectivity index (χ0v) is 11.9. The summed E-state index contributed by atoms with van der Waals surface area (Å²) in [6, 6.07) is 0.0538. The number of amides is 1. The molecule has 1 aliphatic heterocycles. The van der Waals surface area contributed by atoms with E-state index in [-0.39, 0.29) is 6.04 Å². The maximum Gasteiger partial charge on any atom is 0.236 e. The summed E-state index contributed by atoms with van der Waals surface area (Å²) in [6.45, 7) is 6.02. The summed E-state index contributed by atoms with van der Waals surface area (Å²) in [7, 11) is -3.47. The molecule has 1 atom stereocenters. The molecule has 18 heavy (non-hydrogen) atoms. The Morgan fingerprint density at radius 1 is 1.39 bits per heavy atom. The van der Waals surface area contributed by atoms with Crippen molar-refractivity contribution in [2.45, 2.75) is 32.7 Å². The number of hydrogen-bond acceptors (Lipinski definition) is 4. The molecule has 0 unspecified atom stereocenters. The van der Waals surface area contributed by atoms with Gasteiger partial charge in [0.1, 0.15) is 5.75 Å². The van der Waals surface area contributed by atoms with Gasteiger partial charge in [-0.3, -0.25) is 4.79 Å². The lowest BCUT2D eigenvalue weighted by molar-refractivity contribution is -0.119. The number of sulfonamides is 1. The minimum atomic E-state index is -3.47. The summed E-state index contributed by atoms with van der Waals surface area (Å²) in [5, 5.41) is 5.94. The minimum Gasteiger partial charge on any atom is -0.351 e. The Bertz CT molecular complexity index is 360. The summed E-state index contributed by atoms with van der Waals surface area (Å²) in [5.74, 6) is -0.860. The Balaban J connectivity index is 2.47. The largest absolute Gasteiger partial charge is 0.351 e. The molecular weight excluding hydrogens is 254 g/mol. The fourth-order valence-electron chi connectivity index (χ4n) is 2.12. The quantitative estimate of drug-likeness (QED) is 0.688. The highest BCUT2D eigenvalue weighted by molar-refractivity contribution is 7.89. The van der Waals surface area contributed by atoms with E-state index < -0.39 is 21.7 Å². The van der Waals surface area contributed by atoms with Gasteiger partial charge in [-0.25, -0.2) is 12.7 Å².